The van der Waals surface area contributed by atoms with Crippen LogP contribution in [0.5, 0.6) is 5.75 Å². The van der Waals surface area contributed by atoms with Gasteiger partial charge in [-0.25, -0.2) is 0 Å². The molecule has 0 N–H and O–H groups in total. The van der Waals surface area contributed by atoms with E-state index in [1.165, 1.54) is 37.8 Å². The molecule has 0 radical (unpaired) electrons. The van der Waals surface area contributed by atoms with Crippen molar-refractivity contribution in [3.8, 4) is 5.75 Å². The summed E-state index contributed by atoms with van der Waals surface area (Å²) in [5.41, 5.74) is 3.63. The normalized spacial score (nSPS) is 12.1. The first-order chi connectivity index (χ1) is 21.2. The van der Waals surface area contributed by atoms with E-state index in [0.29, 0.717) is 0 Å². The fraction of sp³-hybridized carbons (Fsp3) is 0.100. The second-order valence-corrected chi connectivity index (χ2v) is 12.7. The number of methoxy groups -OCH3 is 1. The summed E-state index contributed by atoms with van der Waals surface area (Å²) < 4.78 is 6.17. The molecule has 3 heteroatoms. The molecule has 0 saturated carbocycles. The van der Waals surface area contributed by atoms with E-state index in [9.17, 15) is 0 Å². The molecule has 0 fully saturated rings. The van der Waals surface area contributed by atoms with Crippen LogP contribution >= 0.6 is 7.92 Å². The quantitative estimate of drug-likeness (QED) is 0.151. The van der Waals surface area contributed by atoms with Crippen LogP contribution in [0, 0.1) is 0 Å². The van der Waals surface area contributed by atoms with Gasteiger partial charge in [0.25, 0.3) is 0 Å². The third-order valence-corrected chi connectivity index (χ3v) is 10.4. The number of anilines is 1. The van der Waals surface area contributed by atoms with Gasteiger partial charge in [0.1, 0.15) is 5.75 Å². The number of hydrogen-bond donors (Lipinski definition) is 0. The minimum absolute atomic E-state index is 0.0740. The molecule has 0 spiro atoms. The standard InChI is InChI=1S/C40H36NOP/c1-31(36-27-14-21-33-20-12-13-26-37(33)36)41(30-16-19-32-17-6-3-7-18-32)40-38(42-2)28-15-29-39(40)43(34-22-8-4-9-23-34)35-24-10-5-11-25-35/h3-29,31H,30H2,1-2H3/b19-16+/t31-/m0/s1. The van der Waals surface area contributed by atoms with E-state index >= 15 is 0 Å². The molecule has 212 valence electrons. The van der Waals surface area contributed by atoms with Crippen LogP contribution in [0.25, 0.3) is 16.8 Å². The second kappa shape index (κ2) is 13.6. The average molecular weight is 578 g/mol. The van der Waals surface area contributed by atoms with Crippen LogP contribution in [0.4, 0.5) is 5.69 Å². The molecule has 6 rings (SSSR count). The average Bonchev–Trinajstić information content (AvgIpc) is 3.08. The molecule has 0 aliphatic heterocycles. The zero-order chi connectivity index (χ0) is 29.4. The summed E-state index contributed by atoms with van der Waals surface area (Å²) in [7, 11) is 0.934. The Kier molecular flexibility index (Phi) is 8.97. The van der Waals surface area contributed by atoms with E-state index in [2.05, 4.69) is 176 Å². The first kappa shape index (κ1) is 28.5. The second-order valence-electron chi connectivity index (χ2n) is 10.5. The molecule has 0 amide bonds. The highest BCUT2D eigenvalue weighted by atomic mass is 31.1. The van der Waals surface area contributed by atoms with E-state index in [4.69, 9.17) is 4.74 Å². The van der Waals surface area contributed by atoms with Gasteiger partial charge in [-0.1, -0.05) is 158 Å². The molecule has 0 aliphatic carbocycles. The molecular formula is C40H36NOP. The summed E-state index contributed by atoms with van der Waals surface area (Å²) in [6.45, 7) is 3.04. The summed E-state index contributed by atoms with van der Waals surface area (Å²) in [6, 6.07) is 54.3. The van der Waals surface area contributed by atoms with Gasteiger partial charge in [0.05, 0.1) is 18.8 Å². The van der Waals surface area contributed by atoms with Crippen LogP contribution in [0.2, 0.25) is 0 Å². The van der Waals surface area contributed by atoms with Gasteiger partial charge in [-0.05, 0) is 53.4 Å². The van der Waals surface area contributed by atoms with Crippen molar-refractivity contribution < 1.29 is 4.74 Å². The lowest BCUT2D eigenvalue weighted by atomic mass is 9.98. The topological polar surface area (TPSA) is 12.5 Å². The summed E-state index contributed by atoms with van der Waals surface area (Å²) in [4.78, 5) is 2.52. The Morgan fingerprint density at radius 3 is 1.91 bits per heavy atom. The molecule has 0 aliphatic rings. The Labute approximate surface area is 256 Å². The number of ether oxygens (including phenoxy) is 1. The Morgan fingerprint density at radius 2 is 1.23 bits per heavy atom. The van der Waals surface area contributed by atoms with Crippen molar-refractivity contribution in [2.75, 3.05) is 18.6 Å². The van der Waals surface area contributed by atoms with Crippen LogP contribution in [-0.2, 0) is 0 Å². The summed E-state index contributed by atoms with van der Waals surface area (Å²) in [5.74, 6) is 0.886. The van der Waals surface area contributed by atoms with Crippen molar-refractivity contribution in [2.45, 2.75) is 13.0 Å². The first-order valence-corrected chi connectivity index (χ1v) is 16.1. The fourth-order valence-corrected chi connectivity index (χ4v) is 8.30. The van der Waals surface area contributed by atoms with Crippen molar-refractivity contribution in [2.24, 2.45) is 0 Å². The summed E-state index contributed by atoms with van der Waals surface area (Å²) in [6.07, 6.45) is 4.50. The third-order valence-electron chi connectivity index (χ3n) is 7.91. The molecule has 6 aromatic carbocycles. The lowest BCUT2D eigenvalue weighted by Gasteiger charge is -2.36. The minimum Gasteiger partial charge on any atom is -0.495 e. The largest absolute Gasteiger partial charge is 0.495 e. The zero-order valence-electron chi connectivity index (χ0n) is 24.7. The lowest BCUT2D eigenvalue weighted by molar-refractivity contribution is 0.414. The molecule has 0 aromatic heterocycles. The fourth-order valence-electron chi connectivity index (χ4n) is 5.82. The molecule has 1 atom stereocenters. The highest BCUT2D eigenvalue weighted by Gasteiger charge is 2.28. The molecular weight excluding hydrogens is 541 g/mol. The number of para-hydroxylation sites is 1. The van der Waals surface area contributed by atoms with Gasteiger partial charge < -0.3 is 9.64 Å². The van der Waals surface area contributed by atoms with Crippen LogP contribution in [-0.4, -0.2) is 13.7 Å². The Morgan fingerprint density at radius 1 is 0.651 bits per heavy atom. The Bertz CT molecular complexity index is 1760. The molecule has 0 heterocycles. The smallest absolute Gasteiger partial charge is 0.142 e. The van der Waals surface area contributed by atoms with Crippen molar-refractivity contribution in [1.82, 2.24) is 0 Å². The predicted octanol–water partition coefficient (Wildman–Crippen LogP) is 8.89. The van der Waals surface area contributed by atoms with Crippen molar-refractivity contribution >= 4 is 46.4 Å². The van der Waals surface area contributed by atoms with Crippen molar-refractivity contribution in [1.29, 1.82) is 0 Å². The van der Waals surface area contributed by atoms with Crippen molar-refractivity contribution in [3.05, 3.63) is 169 Å². The molecule has 43 heavy (non-hydrogen) atoms. The third kappa shape index (κ3) is 6.26. The number of hydrogen-bond acceptors (Lipinski definition) is 2. The maximum atomic E-state index is 6.17. The highest BCUT2D eigenvalue weighted by Crippen LogP contribution is 2.43. The van der Waals surface area contributed by atoms with Gasteiger partial charge in [0.2, 0.25) is 0 Å². The molecule has 0 unspecified atom stereocenters. The van der Waals surface area contributed by atoms with Crippen LogP contribution < -0.4 is 25.6 Å². The predicted molar refractivity (Wildman–Crippen MR) is 187 cm³/mol. The number of rotatable bonds is 10. The summed E-state index contributed by atoms with van der Waals surface area (Å²) in [5, 5.41) is 6.45. The van der Waals surface area contributed by atoms with Crippen LogP contribution in [0.15, 0.2) is 158 Å². The number of benzene rings is 6. The van der Waals surface area contributed by atoms with Gasteiger partial charge in [-0.3, -0.25) is 0 Å². The van der Waals surface area contributed by atoms with Gasteiger partial charge >= 0.3 is 0 Å². The van der Waals surface area contributed by atoms with E-state index < -0.39 is 7.92 Å². The Balaban J connectivity index is 1.55. The lowest BCUT2D eigenvalue weighted by Crippen LogP contribution is -2.33. The van der Waals surface area contributed by atoms with Gasteiger partial charge in [0.15, 0.2) is 0 Å². The van der Waals surface area contributed by atoms with E-state index in [-0.39, 0.29) is 6.04 Å². The number of fused-ring (bicyclic) bond motifs is 1. The molecule has 0 saturated heterocycles. The van der Waals surface area contributed by atoms with Gasteiger partial charge in [-0.2, -0.15) is 0 Å². The van der Waals surface area contributed by atoms with Crippen LogP contribution in [0.3, 0.4) is 0 Å². The van der Waals surface area contributed by atoms with E-state index in [1.807, 2.05) is 0 Å². The number of nitrogens with zero attached hydrogens (tertiary/aromatic N) is 1. The van der Waals surface area contributed by atoms with E-state index in [1.54, 1.807) is 7.11 Å². The van der Waals surface area contributed by atoms with Gasteiger partial charge in [0, 0.05) is 11.8 Å². The molecule has 2 nitrogen and oxygen atoms in total. The molecule has 0 bridgehead atoms. The highest BCUT2D eigenvalue weighted by molar-refractivity contribution is 7.80. The first-order valence-electron chi connectivity index (χ1n) is 14.8. The van der Waals surface area contributed by atoms with Gasteiger partial charge in [-0.15, -0.1) is 0 Å². The minimum atomic E-state index is -0.854. The van der Waals surface area contributed by atoms with E-state index in [0.717, 1.165) is 18.0 Å². The van der Waals surface area contributed by atoms with Crippen molar-refractivity contribution in [3.63, 3.8) is 0 Å². The SMILES string of the molecule is COc1cccc(P(c2ccccc2)c2ccccc2)c1N(C/C=C/c1ccccc1)[C@@H](C)c1cccc2ccccc12. The summed E-state index contributed by atoms with van der Waals surface area (Å²) >= 11 is 0. The maximum absolute atomic E-state index is 6.17. The Hall–Kier alpha value is -4.65. The zero-order valence-corrected chi connectivity index (χ0v) is 25.6. The maximum Gasteiger partial charge on any atom is 0.142 e. The van der Waals surface area contributed by atoms with Crippen LogP contribution in [0.1, 0.15) is 24.1 Å². The molecule has 6 aromatic rings. The monoisotopic (exact) mass is 577 g/mol.